The Morgan fingerprint density at radius 3 is 2.45 bits per heavy atom. The molecule has 5 heteroatoms. The van der Waals surface area contributed by atoms with Crippen LogP contribution in [0, 0.1) is 11.3 Å². The van der Waals surface area contributed by atoms with E-state index in [0.29, 0.717) is 12.0 Å². The molecule has 0 bridgehead atoms. The lowest BCUT2D eigenvalue weighted by atomic mass is 9.90. The highest BCUT2D eigenvalue weighted by atomic mass is 35.5. The van der Waals surface area contributed by atoms with E-state index in [1.54, 1.807) is 13.0 Å². The van der Waals surface area contributed by atoms with E-state index in [0.717, 1.165) is 5.69 Å². The predicted octanol–water partition coefficient (Wildman–Crippen LogP) is 3.45. The van der Waals surface area contributed by atoms with Gasteiger partial charge in [0.15, 0.2) is 0 Å². The van der Waals surface area contributed by atoms with Crippen LogP contribution in [-0.4, -0.2) is 16.4 Å². The summed E-state index contributed by atoms with van der Waals surface area (Å²) in [6.45, 7) is 9.54. The summed E-state index contributed by atoms with van der Waals surface area (Å²) in [5.41, 5.74) is 0.0768. The lowest BCUT2D eigenvalue weighted by Gasteiger charge is -2.22. The van der Waals surface area contributed by atoms with Crippen molar-refractivity contribution in [2.24, 2.45) is 0 Å². The standard InChI is InChI=1S/C15H20ClN3O/c1-6-15(5,9-17)19-13(20)10-7-11(14(2,3)4)18-12(16)8-10/h7-8H,6H2,1-5H3,(H,19,20). The topological polar surface area (TPSA) is 65.8 Å². The fraction of sp³-hybridized carbons (Fsp3) is 0.533. The summed E-state index contributed by atoms with van der Waals surface area (Å²) in [6.07, 6.45) is 0.528. The molecule has 1 unspecified atom stereocenters. The van der Waals surface area contributed by atoms with Crippen molar-refractivity contribution in [2.45, 2.75) is 52.0 Å². The Morgan fingerprint density at radius 1 is 1.40 bits per heavy atom. The van der Waals surface area contributed by atoms with Crippen molar-refractivity contribution in [3.8, 4) is 6.07 Å². The van der Waals surface area contributed by atoms with Gasteiger partial charge in [0.05, 0.1) is 6.07 Å². The van der Waals surface area contributed by atoms with Crippen LogP contribution in [0.3, 0.4) is 0 Å². The van der Waals surface area contributed by atoms with Gasteiger partial charge in [0.1, 0.15) is 10.7 Å². The highest BCUT2D eigenvalue weighted by Crippen LogP contribution is 2.23. The van der Waals surface area contributed by atoms with Crippen LogP contribution in [-0.2, 0) is 5.41 Å². The molecule has 0 aliphatic rings. The molecule has 0 saturated carbocycles. The first-order valence-electron chi connectivity index (χ1n) is 6.53. The molecule has 1 atom stereocenters. The average Bonchev–Trinajstić information content (AvgIpc) is 2.36. The maximum atomic E-state index is 12.3. The van der Waals surface area contributed by atoms with Crippen molar-refractivity contribution in [1.29, 1.82) is 5.26 Å². The molecule has 1 heterocycles. The van der Waals surface area contributed by atoms with Gasteiger partial charge in [-0.3, -0.25) is 4.79 Å². The molecule has 1 rings (SSSR count). The van der Waals surface area contributed by atoms with Gasteiger partial charge >= 0.3 is 0 Å². The Morgan fingerprint density at radius 2 is 2.00 bits per heavy atom. The number of carbonyl (C=O) groups is 1. The molecule has 0 aliphatic heterocycles. The number of rotatable bonds is 3. The zero-order valence-corrected chi connectivity index (χ0v) is 13.3. The Bertz CT molecular complexity index is 557. The second-order valence-electron chi connectivity index (χ2n) is 6.07. The maximum absolute atomic E-state index is 12.3. The van der Waals surface area contributed by atoms with Crippen molar-refractivity contribution >= 4 is 17.5 Å². The number of carbonyl (C=O) groups excluding carboxylic acids is 1. The largest absolute Gasteiger partial charge is 0.334 e. The molecule has 0 fully saturated rings. The minimum Gasteiger partial charge on any atom is -0.334 e. The number of nitrogens with one attached hydrogen (secondary N) is 1. The van der Waals surface area contributed by atoms with E-state index in [1.165, 1.54) is 6.07 Å². The molecule has 0 radical (unpaired) electrons. The Kier molecular flexibility index (Phi) is 4.77. The van der Waals surface area contributed by atoms with Crippen LogP contribution in [0.25, 0.3) is 0 Å². The monoisotopic (exact) mass is 293 g/mol. The predicted molar refractivity (Wildman–Crippen MR) is 79.7 cm³/mol. The van der Waals surface area contributed by atoms with E-state index in [-0.39, 0.29) is 16.5 Å². The smallest absolute Gasteiger partial charge is 0.252 e. The van der Waals surface area contributed by atoms with Crippen LogP contribution in [0.2, 0.25) is 5.15 Å². The molecule has 1 aromatic heterocycles. The number of nitriles is 1. The Hall–Kier alpha value is -1.60. The van der Waals surface area contributed by atoms with Crippen LogP contribution in [0.1, 0.15) is 57.1 Å². The fourth-order valence-electron chi connectivity index (χ4n) is 1.53. The van der Waals surface area contributed by atoms with Gasteiger partial charge < -0.3 is 5.32 Å². The van der Waals surface area contributed by atoms with Gasteiger partial charge in [0.25, 0.3) is 5.91 Å². The zero-order valence-electron chi connectivity index (χ0n) is 12.5. The number of halogens is 1. The highest BCUT2D eigenvalue weighted by Gasteiger charge is 2.25. The molecule has 0 spiro atoms. The first kappa shape index (κ1) is 16.5. The number of aromatic nitrogens is 1. The Labute approximate surface area is 125 Å². The van der Waals surface area contributed by atoms with E-state index in [9.17, 15) is 4.79 Å². The summed E-state index contributed by atoms with van der Waals surface area (Å²) in [4.78, 5) is 16.5. The van der Waals surface area contributed by atoms with E-state index in [1.807, 2.05) is 27.7 Å². The van der Waals surface area contributed by atoms with E-state index >= 15 is 0 Å². The van der Waals surface area contributed by atoms with Gasteiger partial charge in [-0.15, -0.1) is 0 Å². The summed E-state index contributed by atoms with van der Waals surface area (Å²) >= 11 is 5.98. The van der Waals surface area contributed by atoms with Crippen molar-refractivity contribution in [3.05, 3.63) is 28.5 Å². The molecular weight excluding hydrogens is 274 g/mol. The third kappa shape index (κ3) is 3.94. The number of hydrogen-bond acceptors (Lipinski definition) is 3. The first-order valence-corrected chi connectivity index (χ1v) is 6.91. The minimum atomic E-state index is -0.880. The van der Waals surface area contributed by atoms with Crippen LogP contribution in [0.4, 0.5) is 0 Å². The Balaban J connectivity index is 3.12. The van der Waals surface area contributed by atoms with Gasteiger partial charge in [-0.1, -0.05) is 39.3 Å². The lowest BCUT2D eigenvalue weighted by molar-refractivity contribution is 0.0922. The van der Waals surface area contributed by atoms with E-state index < -0.39 is 5.54 Å². The van der Waals surface area contributed by atoms with E-state index in [2.05, 4.69) is 16.4 Å². The van der Waals surface area contributed by atoms with Crippen LogP contribution < -0.4 is 5.32 Å². The fourth-order valence-corrected chi connectivity index (χ4v) is 1.74. The molecule has 1 amide bonds. The molecule has 20 heavy (non-hydrogen) atoms. The quantitative estimate of drug-likeness (QED) is 0.868. The molecule has 1 N–H and O–H groups in total. The molecule has 0 aromatic carbocycles. The van der Waals surface area contributed by atoms with Gasteiger partial charge in [-0.2, -0.15) is 5.26 Å². The maximum Gasteiger partial charge on any atom is 0.252 e. The summed E-state index contributed by atoms with van der Waals surface area (Å²) in [5, 5.41) is 12.1. The molecule has 0 saturated heterocycles. The van der Waals surface area contributed by atoms with Gasteiger partial charge in [0, 0.05) is 16.7 Å². The van der Waals surface area contributed by atoms with Crippen molar-refractivity contribution in [1.82, 2.24) is 10.3 Å². The molecule has 108 valence electrons. The first-order chi connectivity index (χ1) is 9.11. The number of hydrogen-bond donors (Lipinski definition) is 1. The van der Waals surface area contributed by atoms with Crippen molar-refractivity contribution in [2.75, 3.05) is 0 Å². The molecule has 1 aromatic rings. The highest BCUT2D eigenvalue weighted by molar-refractivity contribution is 6.29. The number of pyridine rings is 1. The number of nitrogens with zero attached hydrogens (tertiary/aromatic N) is 2. The SMILES string of the molecule is CCC(C)(C#N)NC(=O)c1cc(Cl)nc(C(C)(C)C)c1. The molecule has 4 nitrogen and oxygen atoms in total. The van der Waals surface area contributed by atoms with Gasteiger partial charge in [-0.25, -0.2) is 4.98 Å². The molecule has 0 aliphatic carbocycles. The van der Waals surface area contributed by atoms with Gasteiger partial charge in [0.2, 0.25) is 0 Å². The number of amides is 1. The second kappa shape index (κ2) is 5.80. The van der Waals surface area contributed by atoms with Crippen LogP contribution in [0.5, 0.6) is 0 Å². The normalized spacial score (nSPS) is 14.2. The molecular formula is C15H20ClN3O. The summed E-state index contributed by atoms with van der Waals surface area (Å²) in [7, 11) is 0. The summed E-state index contributed by atoms with van der Waals surface area (Å²) in [5.74, 6) is -0.314. The van der Waals surface area contributed by atoms with Crippen LogP contribution in [0.15, 0.2) is 12.1 Å². The second-order valence-corrected chi connectivity index (χ2v) is 6.45. The van der Waals surface area contributed by atoms with Gasteiger partial charge in [-0.05, 0) is 25.5 Å². The third-order valence-corrected chi connectivity index (χ3v) is 3.36. The van der Waals surface area contributed by atoms with Crippen molar-refractivity contribution < 1.29 is 4.79 Å². The van der Waals surface area contributed by atoms with E-state index in [4.69, 9.17) is 16.9 Å². The summed E-state index contributed by atoms with van der Waals surface area (Å²) in [6, 6.07) is 5.34. The zero-order chi connectivity index (χ0) is 15.6. The summed E-state index contributed by atoms with van der Waals surface area (Å²) < 4.78 is 0. The average molecular weight is 294 g/mol. The van der Waals surface area contributed by atoms with Crippen LogP contribution >= 0.6 is 11.6 Å². The third-order valence-electron chi connectivity index (χ3n) is 3.17. The minimum absolute atomic E-state index is 0.205. The van der Waals surface area contributed by atoms with Crippen molar-refractivity contribution in [3.63, 3.8) is 0 Å². The lowest BCUT2D eigenvalue weighted by Crippen LogP contribution is -2.44.